The lowest BCUT2D eigenvalue weighted by molar-refractivity contribution is -0.384. The summed E-state index contributed by atoms with van der Waals surface area (Å²) >= 11 is 1.24. The number of carbonyl (C=O) groups is 1. The van der Waals surface area contributed by atoms with E-state index in [2.05, 4.69) is 4.57 Å². The number of carbonyl (C=O) groups excluding carboxylic acids is 1. The van der Waals surface area contributed by atoms with Crippen LogP contribution in [0.25, 0.3) is 34.3 Å². The Hall–Kier alpha value is -6.33. The number of esters is 1. The summed E-state index contributed by atoms with van der Waals surface area (Å²) in [5.74, 6) is 0.00374. The van der Waals surface area contributed by atoms with Crippen molar-refractivity contribution in [3.63, 3.8) is 0 Å². The van der Waals surface area contributed by atoms with Crippen molar-refractivity contribution in [3.05, 3.63) is 167 Å². The molecule has 1 atom stereocenters. The van der Waals surface area contributed by atoms with Crippen LogP contribution in [-0.4, -0.2) is 32.7 Å². The number of nitro benzene ring substituents is 1. The number of thiazole rings is 1. The Balaban J connectivity index is 1.51. The van der Waals surface area contributed by atoms with Gasteiger partial charge in [-0.2, -0.15) is 0 Å². The second-order valence-corrected chi connectivity index (χ2v) is 13.7. The van der Waals surface area contributed by atoms with Crippen LogP contribution in [0.3, 0.4) is 0 Å². The van der Waals surface area contributed by atoms with Crippen molar-refractivity contribution in [1.82, 2.24) is 9.13 Å². The monoisotopic (exact) mass is 724 g/mol. The maximum absolute atomic E-state index is 14.7. The number of benzene rings is 4. The molecule has 1 aliphatic rings. The van der Waals surface area contributed by atoms with E-state index in [1.807, 2.05) is 111 Å². The Morgan fingerprint density at radius 3 is 2.23 bits per heavy atom. The molecule has 0 amide bonds. The van der Waals surface area contributed by atoms with Gasteiger partial charge in [0, 0.05) is 28.9 Å². The predicted octanol–water partition coefficient (Wildman–Crippen LogP) is 7.62. The third-order valence-electron chi connectivity index (χ3n) is 8.85. The lowest BCUT2D eigenvalue weighted by Crippen LogP contribution is -2.40. The molecule has 2 aromatic heterocycles. The lowest BCUT2D eigenvalue weighted by atomic mass is 9.95. The zero-order valence-corrected chi connectivity index (χ0v) is 30.4. The summed E-state index contributed by atoms with van der Waals surface area (Å²) in [4.78, 5) is 44.7. The summed E-state index contributed by atoms with van der Waals surface area (Å²) in [7, 11) is 0. The normalized spacial score (nSPS) is 14.2. The van der Waals surface area contributed by atoms with E-state index >= 15 is 0 Å². The summed E-state index contributed by atoms with van der Waals surface area (Å²) < 4.78 is 15.7. The van der Waals surface area contributed by atoms with Crippen LogP contribution in [0.4, 0.5) is 5.69 Å². The van der Waals surface area contributed by atoms with Crippen molar-refractivity contribution < 1.29 is 19.2 Å². The van der Waals surface area contributed by atoms with Gasteiger partial charge in [0.1, 0.15) is 11.8 Å². The Kier molecular flexibility index (Phi) is 9.75. The van der Waals surface area contributed by atoms with Crippen molar-refractivity contribution in [2.75, 3.05) is 6.61 Å². The number of fused-ring (bicyclic) bond motifs is 1. The molecule has 0 bridgehead atoms. The van der Waals surface area contributed by atoms with Gasteiger partial charge in [-0.25, -0.2) is 9.79 Å². The molecule has 1 aliphatic heterocycles. The second-order valence-electron chi connectivity index (χ2n) is 12.7. The van der Waals surface area contributed by atoms with E-state index in [0.717, 1.165) is 28.1 Å². The second kappa shape index (κ2) is 14.7. The first-order chi connectivity index (χ1) is 25.7. The third kappa shape index (κ3) is 6.74. The van der Waals surface area contributed by atoms with Gasteiger partial charge in [0.05, 0.1) is 44.8 Å². The molecule has 0 saturated carbocycles. The summed E-state index contributed by atoms with van der Waals surface area (Å²) in [6, 6.07) is 34.7. The van der Waals surface area contributed by atoms with Crippen molar-refractivity contribution in [1.29, 1.82) is 0 Å². The first kappa shape index (κ1) is 35.1. The van der Waals surface area contributed by atoms with Crippen LogP contribution in [0.15, 0.2) is 136 Å². The van der Waals surface area contributed by atoms with Crippen LogP contribution in [-0.2, 0) is 9.53 Å². The first-order valence-electron chi connectivity index (χ1n) is 17.2. The SMILES string of the molecule is CCOC(=O)C1=C(C)N=c2s/c(=C\c3cc(-c4ccccc4)n(-c4ccc([N+](=O)[O-])cc4)c3-c3ccccc3)c(=O)n2[C@H]1c1ccccc1OC(C)C. The Morgan fingerprint density at radius 2 is 1.58 bits per heavy atom. The van der Waals surface area contributed by atoms with Crippen LogP contribution in [0.5, 0.6) is 5.75 Å². The largest absolute Gasteiger partial charge is 0.491 e. The maximum atomic E-state index is 14.7. The molecule has 0 unspecified atom stereocenters. The van der Waals surface area contributed by atoms with Crippen LogP contribution >= 0.6 is 11.3 Å². The molecule has 11 heteroatoms. The van der Waals surface area contributed by atoms with E-state index in [0.29, 0.717) is 32.0 Å². The van der Waals surface area contributed by atoms with Crippen molar-refractivity contribution in [2.24, 2.45) is 4.99 Å². The van der Waals surface area contributed by atoms with Crippen LogP contribution in [0.2, 0.25) is 0 Å². The average molecular weight is 725 g/mol. The molecular formula is C42H36N4O6S. The molecule has 0 fully saturated rings. The fraction of sp³-hybridized carbons (Fsp3) is 0.167. The Morgan fingerprint density at radius 1 is 0.943 bits per heavy atom. The number of hydrogen-bond acceptors (Lipinski definition) is 8. The number of rotatable bonds is 10. The van der Waals surface area contributed by atoms with E-state index in [1.165, 1.54) is 23.5 Å². The molecule has 10 nitrogen and oxygen atoms in total. The van der Waals surface area contributed by atoms with E-state index < -0.39 is 16.9 Å². The van der Waals surface area contributed by atoms with E-state index in [9.17, 15) is 19.7 Å². The predicted molar refractivity (Wildman–Crippen MR) is 206 cm³/mol. The van der Waals surface area contributed by atoms with Crippen molar-refractivity contribution in [3.8, 4) is 34.0 Å². The quantitative estimate of drug-likeness (QED) is 0.0815. The molecule has 0 spiro atoms. The highest BCUT2D eigenvalue weighted by Gasteiger charge is 2.35. The number of non-ortho nitro benzene ring substituents is 1. The summed E-state index contributed by atoms with van der Waals surface area (Å²) in [5, 5.41) is 11.6. The minimum Gasteiger partial charge on any atom is -0.491 e. The minimum absolute atomic E-state index is 0.0165. The molecule has 4 aromatic carbocycles. The molecule has 266 valence electrons. The van der Waals surface area contributed by atoms with Crippen molar-refractivity contribution in [2.45, 2.75) is 39.8 Å². The van der Waals surface area contributed by atoms with Gasteiger partial charge in [-0.05, 0) is 69.2 Å². The fourth-order valence-corrected chi connectivity index (χ4v) is 7.68. The molecule has 0 N–H and O–H groups in total. The van der Waals surface area contributed by atoms with Crippen LogP contribution < -0.4 is 19.6 Å². The summed E-state index contributed by atoms with van der Waals surface area (Å²) in [6.07, 6.45) is 1.70. The van der Waals surface area contributed by atoms with E-state index in [-0.39, 0.29) is 29.5 Å². The smallest absolute Gasteiger partial charge is 0.338 e. The maximum Gasteiger partial charge on any atom is 0.338 e. The van der Waals surface area contributed by atoms with Gasteiger partial charge in [0.25, 0.3) is 11.2 Å². The lowest BCUT2D eigenvalue weighted by Gasteiger charge is -2.26. The van der Waals surface area contributed by atoms with Crippen LogP contribution in [0.1, 0.15) is 44.9 Å². The highest BCUT2D eigenvalue weighted by Crippen LogP contribution is 2.38. The number of aromatic nitrogens is 2. The Labute approximate surface area is 309 Å². The summed E-state index contributed by atoms with van der Waals surface area (Å²) in [6.45, 7) is 7.50. The third-order valence-corrected chi connectivity index (χ3v) is 9.83. The molecule has 0 saturated heterocycles. The summed E-state index contributed by atoms with van der Waals surface area (Å²) in [5.41, 5.74) is 5.92. The topological polar surface area (TPSA) is 118 Å². The number of nitro groups is 1. The van der Waals surface area contributed by atoms with Crippen molar-refractivity contribution >= 4 is 29.1 Å². The van der Waals surface area contributed by atoms with Crippen LogP contribution in [0, 0.1) is 10.1 Å². The number of allylic oxidation sites excluding steroid dienone is 1. The number of ether oxygens (including phenoxy) is 2. The zero-order valence-electron chi connectivity index (χ0n) is 29.6. The van der Waals surface area contributed by atoms with Gasteiger partial charge in [-0.1, -0.05) is 90.2 Å². The standard InChI is InChI=1S/C42H36N4O6S/c1-5-51-41(48)37-27(4)43-42-45(39(37)33-18-12-13-19-35(33)52-26(2)3)40(47)36(53-42)25-30-24-34(28-14-8-6-9-15-28)44(38(30)29-16-10-7-11-17-29)31-20-22-32(23-21-31)46(49)50/h6-26,39H,5H2,1-4H3/b36-25-/t39-/m0/s1. The van der Waals surface area contributed by atoms with E-state index in [1.54, 1.807) is 30.5 Å². The molecule has 53 heavy (non-hydrogen) atoms. The number of hydrogen-bond donors (Lipinski definition) is 0. The molecular weight excluding hydrogens is 689 g/mol. The molecule has 6 aromatic rings. The first-order valence-corrected chi connectivity index (χ1v) is 18.0. The van der Waals surface area contributed by atoms with E-state index in [4.69, 9.17) is 14.5 Å². The molecule has 3 heterocycles. The number of para-hydroxylation sites is 1. The molecule has 0 radical (unpaired) electrons. The zero-order chi connectivity index (χ0) is 37.2. The molecule has 0 aliphatic carbocycles. The minimum atomic E-state index is -0.847. The van der Waals surface area contributed by atoms with Gasteiger partial charge in [-0.3, -0.25) is 19.5 Å². The fourth-order valence-electron chi connectivity index (χ4n) is 6.64. The number of nitrogens with zero attached hydrogens (tertiary/aromatic N) is 4. The van der Waals surface area contributed by atoms with Gasteiger partial charge in [-0.15, -0.1) is 0 Å². The average Bonchev–Trinajstić information content (AvgIpc) is 3.68. The van der Waals surface area contributed by atoms with Gasteiger partial charge in [0.15, 0.2) is 4.80 Å². The molecule has 7 rings (SSSR count). The highest BCUT2D eigenvalue weighted by molar-refractivity contribution is 7.07. The van der Waals surface area contributed by atoms with Gasteiger partial charge >= 0.3 is 5.97 Å². The Bertz CT molecular complexity index is 2550. The van der Waals surface area contributed by atoms with Gasteiger partial charge < -0.3 is 14.0 Å². The van der Waals surface area contributed by atoms with Gasteiger partial charge in [0.2, 0.25) is 0 Å². The highest BCUT2D eigenvalue weighted by atomic mass is 32.1.